The lowest BCUT2D eigenvalue weighted by Crippen LogP contribution is -2.47. The Balaban J connectivity index is 0.00000265. The number of hydrogen-bond donors (Lipinski definition) is 4. The molecule has 12 heteroatoms. The van der Waals surface area contributed by atoms with Crippen LogP contribution in [-0.4, -0.2) is 60.4 Å². The van der Waals surface area contributed by atoms with Gasteiger partial charge in [-0.3, -0.25) is 14.1 Å². The molecule has 0 aliphatic carbocycles. The van der Waals surface area contributed by atoms with Crippen molar-refractivity contribution in [3.63, 3.8) is 0 Å². The third-order valence-corrected chi connectivity index (χ3v) is 4.69. The van der Waals surface area contributed by atoms with E-state index in [9.17, 15) is 23.1 Å². The van der Waals surface area contributed by atoms with Gasteiger partial charge in [0.2, 0.25) is 12.2 Å². The third-order valence-electron chi connectivity index (χ3n) is 4.18. The molecular weight excluding hydrogens is 456 g/mol. The maximum Gasteiger partial charge on any atom is 0.302 e. The molecule has 1 aromatic rings. The molecule has 0 spiro atoms. The van der Waals surface area contributed by atoms with Crippen LogP contribution in [-0.2, 0) is 35.8 Å². The zero-order chi connectivity index (χ0) is 25.2. The van der Waals surface area contributed by atoms with Gasteiger partial charge in [0.25, 0.3) is 10.1 Å². The quantitative estimate of drug-likeness (QED) is 0.297. The Hall–Kier alpha value is -2.41. The standard InChI is InChI=1S/C19H28N2O9S.C2H6/c1-11(2)21-15-5-4-13(9-28-12(3)22)6-16(15)29-18-8-14(23)7-17(30-18)19(24)20-10-31(25,26)27;1-2/h4-6,11,14,17-18,21,23H,7-10H2,1-3H3,(H,20,24)(H,25,26,27);1-2H3. The van der Waals surface area contributed by atoms with Gasteiger partial charge in [0.05, 0.1) is 11.8 Å². The van der Waals surface area contributed by atoms with Crippen LogP contribution in [0.2, 0.25) is 0 Å². The fourth-order valence-electron chi connectivity index (χ4n) is 2.89. The second-order valence-electron chi connectivity index (χ2n) is 7.47. The number of benzene rings is 1. The normalized spacial score (nSPS) is 20.3. The highest BCUT2D eigenvalue weighted by Crippen LogP contribution is 2.31. The van der Waals surface area contributed by atoms with Crippen molar-refractivity contribution in [1.29, 1.82) is 0 Å². The maximum atomic E-state index is 12.2. The summed E-state index contributed by atoms with van der Waals surface area (Å²) in [4.78, 5) is 23.2. The zero-order valence-electron chi connectivity index (χ0n) is 19.5. The van der Waals surface area contributed by atoms with Gasteiger partial charge in [-0.15, -0.1) is 0 Å². The highest BCUT2D eigenvalue weighted by atomic mass is 32.2. The molecule has 33 heavy (non-hydrogen) atoms. The minimum Gasteiger partial charge on any atom is -0.463 e. The third kappa shape index (κ3) is 10.8. The van der Waals surface area contributed by atoms with Gasteiger partial charge in [-0.25, -0.2) is 0 Å². The number of aliphatic hydroxyl groups is 1. The van der Waals surface area contributed by atoms with E-state index in [1.165, 1.54) is 6.92 Å². The molecule has 3 atom stereocenters. The molecule has 1 aliphatic rings. The molecule has 1 aliphatic heterocycles. The van der Waals surface area contributed by atoms with Gasteiger partial charge >= 0.3 is 5.97 Å². The predicted molar refractivity (Wildman–Crippen MR) is 121 cm³/mol. The van der Waals surface area contributed by atoms with Crippen molar-refractivity contribution in [2.24, 2.45) is 0 Å². The van der Waals surface area contributed by atoms with E-state index >= 15 is 0 Å². The molecule has 2 rings (SSSR count). The maximum absolute atomic E-state index is 12.2. The highest BCUT2D eigenvalue weighted by Gasteiger charge is 2.34. The van der Waals surface area contributed by atoms with Crippen LogP contribution in [0.15, 0.2) is 18.2 Å². The minimum absolute atomic E-state index is 0.0441. The van der Waals surface area contributed by atoms with Crippen molar-refractivity contribution in [2.45, 2.75) is 78.6 Å². The summed E-state index contributed by atoms with van der Waals surface area (Å²) in [7, 11) is -4.39. The molecule has 11 nitrogen and oxygen atoms in total. The van der Waals surface area contributed by atoms with Crippen LogP contribution in [0.1, 0.15) is 53.0 Å². The molecule has 1 fully saturated rings. The molecule has 0 aromatic heterocycles. The predicted octanol–water partition coefficient (Wildman–Crippen LogP) is 1.80. The van der Waals surface area contributed by atoms with E-state index in [4.69, 9.17) is 18.8 Å². The largest absolute Gasteiger partial charge is 0.463 e. The Labute approximate surface area is 194 Å². The Morgan fingerprint density at radius 1 is 1.24 bits per heavy atom. The molecule has 4 N–H and O–H groups in total. The molecule has 188 valence electrons. The molecule has 0 bridgehead atoms. The van der Waals surface area contributed by atoms with Crippen LogP contribution in [0.5, 0.6) is 5.75 Å². The van der Waals surface area contributed by atoms with Gasteiger partial charge in [0.15, 0.2) is 0 Å². The van der Waals surface area contributed by atoms with E-state index in [-0.39, 0.29) is 25.5 Å². The first-order valence-electron chi connectivity index (χ1n) is 10.7. The molecule has 1 saturated heterocycles. The van der Waals surface area contributed by atoms with E-state index in [2.05, 4.69) is 5.32 Å². The second-order valence-corrected chi connectivity index (χ2v) is 8.93. The van der Waals surface area contributed by atoms with Crippen molar-refractivity contribution >= 4 is 27.7 Å². The van der Waals surface area contributed by atoms with Gasteiger partial charge in [0.1, 0.15) is 24.3 Å². The lowest BCUT2D eigenvalue weighted by Gasteiger charge is -2.33. The Morgan fingerprint density at radius 3 is 2.48 bits per heavy atom. The Morgan fingerprint density at radius 2 is 1.91 bits per heavy atom. The number of anilines is 1. The van der Waals surface area contributed by atoms with E-state index in [0.29, 0.717) is 17.0 Å². The molecule has 1 aromatic carbocycles. The number of amides is 1. The Kier molecular flexibility index (Phi) is 11.6. The topological polar surface area (TPSA) is 160 Å². The van der Waals surface area contributed by atoms with Crippen molar-refractivity contribution in [2.75, 3.05) is 11.2 Å². The molecule has 1 amide bonds. The fourth-order valence-corrected chi connectivity index (χ4v) is 3.22. The number of rotatable bonds is 9. The number of nitrogens with one attached hydrogen (secondary N) is 2. The average Bonchev–Trinajstić information content (AvgIpc) is 2.72. The van der Waals surface area contributed by atoms with Gasteiger partial charge in [-0.1, -0.05) is 19.9 Å². The summed E-state index contributed by atoms with van der Waals surface area (Å²) in [6, 6.07) is 5.26. The molecule has 0 saturated carbocycles. The first kappa shape index (κ1) is 28.6. The van der Waals surface area contributed by atoms with Crippen LogP contribution < -0.4 is 15.4 Å². The number of carbonyl (C=O) groups excluding carboxylic acids is 2. The van der Waals surface area contributed by atoms with E-state index in [1.54, 1.807) is 18.2 Å². The van der Waals surface area contributed by atoms with Crippen LogP contribution in [0.3, 0.4) is 0 Å². The first-order chi connectivity index (χ1) is 15.4. The van der Waals surface area contributed by atoms with Gasteiger partial charge in [-0.2, -0.15) is 8.42 Å². The smallest absolute Gasteiger partial charge is 0.302 e. The summed E-state index contributed by atoms with van der Waals surface area (Å²) in [6.45, 7) is 9.22. The number of aliphatic hydroxyl groups excluding tert-OH is 1. The summed E-state index contributed by atoms with van der Waals surface area (Å²) in [5.41, 5.74) is 1.30. The average molecular weight is 491 g/mol. The van der Waals surface area contributed by atoms with Crippen molar-refractivity contribution in [3.05, 3.63) is 23.8 Å². The number of hydrogen-bond acceptors (Lipinski definition) is 9. The summed E-state index contributed by atoms with van der Waals surface area (Å²) in [5, 5.41) is 15.4. The molecular formula is C21H34N2O9S. The molecule has 3 unspecified atom stereocenters. The minimum atomic E-state index is -4.39. The Bertz CT molecular complexity index is 890. The van der Waals surface area contributed by atoms with Crippen LogP contribution in [0, 0.1) is 0 Å². The fraction of sp³-hybridized carbons (Fsp3) is 0.619. The second kappa shape index (κ2) is 13.3. The van der Waals surface area contributed by atoms with Crippen molar-refractivity contribution in [3.8, 4) is 5.75 Å². The summed E-state index contributed by atoms with van der Waals surface area (Å²) < 4.78 is 46.9. The highest BCUT2D eigenvalue weighted by molar-refractivity contribution is 7.85. The number of esters is 1. The lowest BCUT2D eigenvalue weighted by molar-refractivity contribution is -0.184. The van der Waals surface area contributed by atoms with Gasteiger partial charge < -0.3 is 30.0 Å². The number of ether oxygens (including phenoxy) is 3. The van der Waals surface area contributed by atoms with Crippen LogP contribution >= 0.6 is 0 Å². The van der Waals surface area contributed by atoms with E-state index in [1.807, 2.05) is 33.0 Å². The van der Waals surface area contributed by atoms with Crippen molar-refractivity contribution in [1.82, 2.24) is 5.32 Å². The summed E-state index contributed by atoms with van der Waals surface area (Å²) >= 11 is 0. The molecule has 1 heterocycles. The van der Waals surface area contributed by atoms with Crippen LogP contribution in [0.4, 0.5) is 5.69 Å². The summed E-state index contributed by atoms with van der Waals surface area (Å²) in [5.74, 6) is -1.82. The van der Waals surface area contributed by atoms with Crippen molar-refractivity contribution < 1.29 is 41.9 Å². The van der Waals surface area contributed by atoms with Gasteiger partial charge in [0, 0.05) is 25.8 Å². The monoisotopic (exact) mass is 490 g/mol. The number of carbonyl (C=O) groups is 2. The van der Waals surface area contributed by atoms with Crippen LogP contribution in [0.25, 0.3) is 0 Å². The first-order valence-corrected chi connectivity index (χ1v) is 12.3. The lowest BCUT2D eigenvalue weighted by atomic mass is 10.0. The van der Waals surface area contributed by atoms with E-state index in [0.717, 1.165) is 0 Å². The zero-order valence-corrected chi connectivity index (χ0v) is 20.3. The summed E-state index contributed by atoms with van der Waals surface area (Å²) in [6.07, 6.45) is -3.06. The SMILES string of the molecule is CC.CC(=O)OCc1ccc(NC(C)C)c(OC2CC(O)CC(C(=O)NCS(=O)(=O)O)O2)c1. The van der Waals surface area contributed by atoms with Gasteiger partial charge in [-0.05, 0) is 31.5 Å². The molecule has 0 radical (unpaired) electrons. The van der Waals surface area contributed by atoms with E-state index < -0.39 is 46.4 Å².